The molecule has 8 heteroatoms. The van der Waals surface area contributed by atoms with Crippen molar-refractivity contribution in [3.63, 3.8) is 0 Å². The summed E-state index contributed by atoms with van der Waals surface area (Å²) in [6, 6.07) is 14.7. The Morgan fingerprint density at radius 2 is 2.07 bits per heavy atom. The highest BCUT2D eigenvalue weighted by Gasteiger charge is 2.28. The topological polar surface area (TPSA) is 82.8 Å². The first-order chi connectivity index (χ1) is 14.2. The highest BCUT2D eigenvalue weighted by Crippen LogP contribution is 2.33. The van der Waals surface area contributed by atoms with Crippen LogP contribution in [0.3, 0.4) is 0 Å². The highest BCUT2D eigenvalue weighted by atomic mass is 32.1. The molecular weight excluding hydrogens is 392 g/mol. The van der Waals surface area contributed by atoms with E-state index in [0.29, 0.717) is 28.1 Å². The van der Waals surface area contributed by atoms with E-state index in [9.17, 15) is 4.79 Å². The number of fused-ring (bicyclic) bond motifs is 2. The Morgan fingerprint density at radius 3 is 2.93 bits per heavy atom. The van der Waals surface area contributed by atoms with Crippen molar-refractivity contribution in [2.24, 2.45) is 0 Å². The number of para-hydroxylation sites is 2. The molecule has 146 valence electrons. The van der Waals surface area contributed by atoms with Gasteiger partial charge in [-0.05, 0) is 36.4 Å². The van der Waals surface area contributed by atoms with Crippen molar-refractivity contribution in [3.8, 4) is 28.7 Å². The number of thiazole rings is 1. The number of amides is 1. The molecule has 5 rings (SSSR count). The quantitative estimate of drug-likeness (QED) is 0.541. The number of nitrogens with one attached hydrogen (secondary N) is 1. The van der Waals surface area contributed by atoms with Crippen LogP contribution in [-0.4, -0.2) is 30.7 Å². The number of furan rings is 1. The Labute approximate surface area is 169 Å². The third kappa shape index (κ3) is 3.38. The van der Waals surface area contributed by atoms with Gasteiger partial charge in [-0.15, -0.1) is 11.3 Å². The van der Waals surface area contributed by atoms with Gasteiger partial charge in [0.05, 0.1) is 7.11 Å². The molecule has 0 aliphatic carbocycles. The predicted molar refractivity (Wildman–Crippen MR) is 109 cm³/mol. The molecule has 0 bridgehead atoms. The minimum absolute atomic E-state index is 0.145. The predicted octanol–water partition coefficient (Wildman–Crippen LogP) is 4.34. The monoisotopic (exact) mass is 408 g/mol. The molecule has 2 aromatic heterocycles. The van der Waals surface area contributed by atoms with E-state index in [4.69, 9.17) is 18.6 Å². The third-order valence-corrected chi connectivity index (χ3v) is 5.27. The molecule has 0 saturated carbocycles. The van der Waals surface area contributed by atoms with E-state index in [2.05, 4.69) is 10.3 Å². The van der Waals surface area contributed by atoms with Crippen molar-refractivity contribution in [1.82, 2.24) is 4.98 Å². The van der Waals surface area contributed by atoms with Gasteiger partial charge in [-0.1, -0.05) is 12.1 Å². The molecule has 2 aromatic carbocycles. The molecule has 4 aromatic rings. The molecule has 3 heterocycles. The molecule has 0 radical (unpaired) electrons. The van der Waals surface area contributed by atoms with Crippen LogP contribution < -0.4 is 19.5 Å². The van der Waals surface area contributed by atoms with Gasteiger partial charge in [0.2, 0.25) is 6.10 Å². The van der Waals surface area contributed by atoms with Crippen LogP contribution in [-0.2, 0) is 4.79 Å². The number of nitrogens with zero attached hydrogens (tertiary/aromatic N) is 1. The minimum Gasteiger partial charge on any atom is -0.497 e. The van der Waals surface area contributed by atoms with E-state index in [0.717, 1.165) is 16.7 Å². The Balaban J connectivity index is 1.31. The van der Waals surface area contributed by atoms with Crippen LogP contribution in [0.4, 0.5) is 5.13 Å². The lowest BCUT2D eigenvalue weighted by atomic mass is 10.2. The van der Waals surface area contributed by atoms with Crippen LogP contribution in [0, 0.1) is 0 Å². The maximum absolute atomic E-state index is 12.5. The molecule has 0 spiro atoms. The van der Waals surface area contributed by atoms with Gasteiger partial charge in [0, 0.05) is 10.8 Å². The fraction of sp³-hybridized carbons (Fsp3) is 0.143. The summed E-state index contributed by atoms with van der Waals surface area (Å²) in [5.74, 6) is 2.25. The molecule has 0 saturated heterocycles. The van der Waals surface area contributed by atoms with E-state index in [1.165, 1.54) is 11.3 Å². The largest absolute Gasteiger partial charge is 0.497 e. The van der Waals surface area contributed by atoms with Crippen molar-refractivity contribution in [1.29, 1.82) is 0 Å². The average molecular weight is 408 g/mol. The number of carbonyl (C=O) groups excluding carboxylic acids is 1. The second-order valence-electron chi connectivity index (χ2n) is 6.41. The normalized spacial score (nSPS) is 15.3. The lowest BCUT2D eigenvalue weighted by Crippen LogP contribution is -2.40. The summed E-state index contributed by atoms with van der Waals surface area (Å²) in [7, 11) is 1.62. The average Bonchev–Trinajstić information content (AvgIpc) is 3.39. The molecule has 1 aliphatic heterocycles. The molecule has 7 nitrogen and oxygen atoms in total. The zero-order valence-electron chi connectivity index (χ0n) is 15.4. The summed E-state index contributed by atoms with van der Waals surface area (Å²) in [6.07, 6.45) is -0.740. The standard InChI is InChI=1S/C21H16N2O5S/c1-25-13-6-7-15-12(8-13)9-18(27-15)14-11-29-21(22-14)23-20(24)19-10-26-16-4-2-3-5-17(16)28-19/h2-9,11,19H,10H2,1H3,(H,22,23,24)/t19-/m1/s1. The molecular formula is C21H16N2O5S. The Bertz CT molecular complexity index is 1200. The summed E-state index contributed by atoms with van der Waals surface area (Å²) in [5.41, 5.74) is 1.39. The first-order valence-corrected chi connectivity index (χ1v) is 9.80. The summed E-state index contributed by atoms with van der Waals surface area (Å²) in [5, 5.41) is 6.00. The van der Waals surface area contributed by atoms with Gasteiger partial charge in [0.15, 0.2) is 22.4 Å². The number of hydrogen-bond donors (Lipinski definition) is 1. The SMILES string of the molecule is COc1ccc2oc(-c3csc(NC(=O)[C@H]4COc5ccccc5O4)n3)cc2c1. The van der Waals surface area contributed by atoms with E-state index in [1.807, 2.05) is 41.8 Å². The fourth-order valence-corrected chi connectivity index (χ4v) is 3.76. The van der Waals surface area contributed by atoms with Gasteiger partial charge < -0.3 is 18.6 Å². The Kier molecular flexibility index (Phi) is 4.33. The first-order valence-electron chi connectivity index (χ1n) is 8.92. The van der Waals surface area contributed by atoms with Gasteiger partial charge in [0.1, 0.15) is 23.6 Å². The number of aromatic nitrogens is 1. The third-order valence-electron chi connectivity index (χ3n) is 4.51. The van der Waals surface area contributed by atoms with Gasteiger partial charge in [-0.3, -0.25) is 10.1 Å². The van der Waals surface area contributed by atoms with Gasteiger partial charge >= 0.3 is 0 Å². The van der Waals surface area contributed by atoms with Crippen LogP contribution in [0.5, 0.6) is 17.2 Å². The van der Waals surface area contributed by atoms with Crippen molar-refractivity contribution in [3.05, 3.63) is 53.9 Å². The van der Waals surface area contributed by atoms with Crippen LogP contribution in [0.25, 0.3) is 22.4 Å². The zero-order chi connectivity index (χ0) is 19.8. The lowest BCUT2D eigenvalue weighted by Gasteiger charge is -2.25. The van der Waals surface area contributed by atoms with Gasteiger partial charge in [0.25, 0.3) is 5.91 Å². The molecule has 1 atom stereocenters. The smallest absolute Gasteiger partial charge is 0.270 e. The molecule has 0 fully saturated rings. The molecule has 1 N–H and O–H groups in total. The van der Waals surface area contributed by atoms with Crippen LogP contribution in [0.2, 0.25) is 0 Å². The van der Waals surface area contributed by atoms with Crippen molar-refractivity contribution < 1.29 is 23.4 Å². The number of ether oxygens (including phenoxy) is 3. The maximum Gasteiger partial charge on any atom is 0.270 e. The van der Waals surface area contributed by atoms with Gasteiger partial charge in [-0.2, -0.15) is 0 Å². The second-order valence-corrected chi connectivity index (χ2v) is 7.26. The number of hydrogen-bond acceptors (Lipinski definition) is 7. The number of rotatable bonds is 4. The number of anilines is 1. The number of benzene rings is 2. The van der Waals surface area contributed by atoms with E-state index >= 15 is 0 Å². The Morgan fingerprint density at radius 1 is 1.21 bits per heavy atom. The fourth-order valence-electron chi connectivity index (χ4n) is 3.05. The van der Waals surface area contributed by atoms with E-state index < -0.39 is 6.10 Å². The summed E-state index contributed by atoms with van der Waals surface area (Å²) in [4.78, 5) is 17.0. The Hall–Kier alpha value is -3.52. The van der Waals surface area contributed by atoms with E-state index in [-0.39, 0.29) is 12.5 Å². The van der Waals surface area contributed by atoms with Crippen molar-refractivity contribution in [2.75, 3.05) is 19.0 Å². The van der Waals surface area contributed by atoms with Crippen LogP contribution in [0.1, 0.15) is 0 Å². The first kappa shape index (κ1) is 17.6. The van der Waals surface area contributed by atoms with Crippen LogP contribution >= 0.6 is 11.3 Å². The van der Waals surface area contributed by atoms with Crippen molar-refractivity contribution in [2.45, 2.75) is 6.10 Å². The second kappa shape index (κ2) is 7.14. The molecule has 1 aliphatic rings. The van der Waals surface area contributed by atoms with E-state index in [1.54, 1.807) is 19.2 Å². The number of carbonyl (C=O) groups is 1. The summed E-state index contributed by atoms with van der Waals surface area (Å²) in [6.45, 7) is 0.145. The molecule has 1 amide bonds. The summed E-state index contributed by atoms with van der Waals surface area (Å²) >= 11 is 1.32. The lowest BCUT2D eigenvalue weighted by molar-refractivity contribution is -0.125. The van der Waals surface area contributed by atoms with Gasteiger partial charge in [-0.25, -0.2) is 4.98 Å². The molecule has 0 unspecified atom stereocenters. The minimum atomic E-state index is -0.740. The highest BCUT2D eigenvalue weighted by molar-refractivity contribution is 7.14. The van der Waals surface area contributed by atoms with Crippen molar-refractivity contribution >= 4 is 33.3 Å². The number of methoxy groups -OCH3 is 1. The van der Waals surface area contributed by atoms with Crippen LogP contribution in [0.15, 0.2) is 58.3 Å². The summed E-state index contributed by atoms with van der Waals surface area (Å²) < 4.78 is 22.4. The maximum atomic E-state index is 12.5. The zero-order valence-corrected chi connectivity index (χ0v) is 16.2. The molecule has 29 heavy (non-hydrogen) atoms.